The van der Waals surface area contributed by atoms with E-state index in [9.17, 15) is 17.2 Å². The fourth-order valence-corrected chi connectivity index (χ4v) is 2.53. The van der Waals surface area contributed by atoms with Crippen LogP contribution in [0.5, 0.6) is 0 Å². The van der Waals surface area contributed by atoms with Gasteiger partial charge in [-0.15, -0.1) is 0 Å². The van der Waals surface area contributed by atoms with Gasteiger partial charge in [0, 0.05) is 0 Å². The van der Waals surface area contributed by atoms with Crippen molar-refractivity contribution in [1.29, 1.82) is 0 Å². The van der Waals surface area contributed by atoms with Crippen molar-refractivity contribution in [3.05, 3.63) is 46.8 Å². The van der Waals surface area contributed by atoms with Crippen molar-refractivity contribution in [2.24, 2.45) is 0 Å². The van der Waals surface area contributed by atoms with Gasteiger partial charge in [0.1, 0.15) is 21.1 Å². The zero-order valence-corrected chi connectivity index (χ0v) is 11.5. The Hall–Kier alpha value is -1.61. The first-order valence-corrected chi connectivity index (χ1v) is 7.11. The van der Waals surface area contributed by atoms with E-state index < -0.39 is 26.6 Å². The second-order valence-electron chi connectivity index (χ2n) is 3.40. The van der Waals surface area contributed by atoms with Gasteiger partial charge in [0.05, 0.1) is 12.4 Å². The molecule has 0 atom stereocenters. The summed E-state index contributed by atoms with van der Waals surface area (Å²) in [7, 11) is -4.26. The molecule has 2 rings (SSSR count). The Balaban J connectivity index is 2.37. The van der Waals surface area contributed by atoms with Gasteiger partial charge in [-0.05, 0) is 34.1 Å². The number of hydrogen-bond donors (Lipinski definition) is 1. The van der Waals surface area contributed by atoms with Crippen molar-refractivity contribution in [2.45, 2.75) is 4.90 Å². The number of anilines is 1. The van der Waals surface area contributed by atoms with Crippen LogP contribution in [-0.2, 0) is 10.0 Å². The highest BCUT2D eigenvalue weighted by atomic mass is 79.9. The van der Waals surface area contributed by atoms with Gasteiger partial charge in [-0.3, -0.25) is 4.72 Å². The van der Waals surface area contributed by atoms with Crippen LogP contribution in [-0.4, -0.2) is 18.4 Å². The lowest BCUT2D eigenvalue weighted by Gasteiger charge is -2.07. The molecule has 0 aliphatic heterocycles. The standard InChI is InChI=1S/C10H6BrF2N3O2S/c11-9-4-15-10(5-14-9)16-19(17,18)8-3-6(12)1-2-7(8)13/h1-5H,(H,15,16). The van der Waals surface area contributed by atoms with Gasteiger partial charge in [0.15, 0.2) is 5.82 Å². The topological polar surface area (TPSA) is 72.0 Å². The Morgan fingerprint density at radius 2 is 1.89 bits per heavy atom. The molecule has 0 aliphatic rings. The molecule has 0 radical (unpaired) electrons. The molecule has 5 nitrogen and oxygen atoms in total. The van der Waals surface area contributed by atoms with Gasteiger partial charge in [0.25, 0.3) is 10.0 Å². The van der Waals surface area contributed by atoms with Crippen molar-refractivity contribution in [3.63, 3.8) is 0 Å². The van der Waals surface area contributed by atoms with Gasteiger partial charge in [-0.2, -0.15) is 0 Å². The number of nitrogens with zero attached hydrogens (tertiary/aromatic N) is 2. The van der Waals surface area contributed by atoms with E-state index in [-0.39, 0.29) is 5.82 Å². The lowest BCUT2D eigenvalue weighted by molar-refractivity contribution is 0.555. The summed E-state index contributed by atoms with van der Waals surface area (Å²) in [6.07, 6.45) is 2.40. The van der Waals surface area contributed by atoms with Gasteiger partial charge in [0.2, 0.25) is 0 Å². The molecule has 0 fully saturated rings. The van der Waals surface area contributed by atoms with E-state index in [1.54, 1.807) is 0 Å². The molecule has 1 aromatic carbocycles. The second-order valence-corrected chi connectivity index (χ2v) is 5.87. The average molecular weight is 350 g/mol. The van der Waals surface area contributed by atoms with E-state index in [1.165, 1.54) is 6.20 Å². The Morgan fingerprint density at radius 3 is 2.53 bits per heavy atom. The highest BCUT2D eigenvalue weighted by Gasteiger charge is 2.20. The largest absolute Gasteiger partial charge is 0.266 e. The van der Waals surface area contributed by atoms with Crippen molar-refractivity contribution < 1.29 is 17.2 Å². The summed E-state index contributed by atoms with van der Waals surface area (Å²) >= 11 is 3.03. The van der Waals surface area contributed by atoms with Gasteiger partial charge < -0.3 is 0 Å². The van der Waals surface area contributed by atoms with Crippen LogP contribution in [0.25, 0.3) is 0 Å². The highest BCUT2D eigenvalue weighted by Crippen LogP contribution is 2.18. The van der Waals surface area contributed by atoms with Crippen molar-refractivity contribution in [3.8, 4) is 0 Å². The summed E-state index contributed by atoms with van der Waals surface area (Å²) in [5, 5.41) is 0. The minimum Gasteiger partial charge on any atom is -0.262 e. The zero-order valence-electron chi connectivity index (χ0n) is 9.14. The minimum absolute atomic E-state index is 0.105. The van der Waals surface area contributed by atoms with Crippen LogP contribution in [0.3, 0.4) is 0 Å². The summed E-state index contributed by atoms with van der Waals surface area (Å²) in [6, 6.07) is 2.15. The predicted molar refractivity (Wildman–Crippen MR) is 66.9 cm³/mol. The summed E-state index contributed by atoms with van der Waals surface area (Å²) in [5.74, 6) is -2.02. The number of nitrogens with one attached hydrogen (secondary N) is 1. The van der Waals surface area contributed by atoms with Gasteiger partial charge in [-0.25, -0.2) is 27.2 Å². The SMILES string of the molecule is O=S(=O)(Nc1cnc(Br)cn1)c1cc(F)ccc1F. The van der Waals surface area contributed by atoms with Crippen LogP contribution in [0.1, 0.15) is 0 Å². The van der Waals surface area contributed by atoms with Gasteiger partial charge in [-0.1, -0.05) is 0 Å². The Morgan fingerprint density at radius 1 is 1.16 bits per heavy atom. The molecule has 2 aromatic rings. The molecule has 1 aromatic heterocycles. The maximum absolute atomic E-state index is 13.4. The van der Waals surface area contributed by atoms with E-state index in [2.05, 4.69) is 25.9 Å². The van der Waals surface area contributed by atoms with Crippen molar-refractivity contribution in [2.75, 3.05) is 4.72 Å². The molecule has 9 heteroatoms. The minimum atomic E-state index is -4.26. The molecule has 19 heavy (non-hydrogen) atoms. The van der Waals surface area contributed by atoms with Crippen LogP contribution < -0.4 is 4.72 Å². The normalized spacial score (nSPS) is 11.3. The third-order valence-corrected chi connectivity index (χ3v) is 3.82. The van der Waals surface area contributed by atoms with E-state index >= 15 is 0 Å². The maximum Gasteiger partial charge on any atom is 0.266 e. The van der Waals surface area contributed by atoms with Crippen LogP contribution in [0.15, 0.2) is 40.1 Å². The number of hydrogen-bond acceptors (Lipinski definition) is 4. The first-order valence-electron chi connectivity index (χ1n) is 4.84. The van der Waals surface area contributed by atoms with Crippen LogP contribution in [0, 0.1) is 11.6 Å². The number of halogens is 3. The summed E-state index contributed by atoms with van der Waals surface area (Å²) in [6.45, 7) is 0. The molecule has 0 saturated carbocycles. The summed E-state index contributed by atoms with van der Waals surface area (Å²) in [4.78, 5) is 6.69. The smallest absolute Gasteiger partial charge is 0.262 e. The van der Waals surface area contributed by atoms with E-state index in [4.69, 9.17) is 0 Å². The maximum atomic E-state index is 13.4. The fourth-order valence-electron chi connectivity index (χ4n) is 1.24. The molecule has 0 spiro atoms. The average Bonchev–Trinajstić information content (AvgIpc) is 2.35. The first kappa shape index (κ1) is 13.8. The molecule has 1 N–H and O–H groups in total. The van der Waals surface area contributed by atoms with Crippen LogP contribution in [0.4, 0.5) is 14.6 Å². The number of aromatic nitrogens is 2. The molecule has 0 bridgehead atoms. The lowest BCUT2D eigenvalue weighted by atomic mass is 10.3. The Labute approximate surface area is 115 Å². The molecule has 0 saturated heterocycles. The lowest BCUT2D eigenvalue weighted by Crippen LogP contribution is -2.16. The van der Waals surface area contributed by atoms with E-state index in [0.29, 0.717) is 10.7 Å². The number of rotatable bonds is 3. The first-order chi connectivity index (χ1) is 8.88. The molecular formula is C10H6BrF2N3O2S. The third-order valence-electron chi connectivity index (χ3n) is 2.04. The van der Waals surface area contributed by atoms with Crippen LogP contribution >= 0.6 is 15.9 Å². The van der Waals surface area contributed by atoms with E-state index in [0.717, 1.165) is 18.3 Å². The van der Waals surface area contributed by atoms with Crippen LogP contribution in [0.2, 0.25) is 0 Å². The predicted octanol–water partition coefficient (Wildman–Crippen LogP) is 2.32. The molecule has 0 amide bonds. The summed E-state index contributed by atoms with van der Waals surface area (Å²) < 4.78 is 52.5. The molecule has 0 aliphatic carbocycles. The molecule has 1 heterocycles. The van der Waals surface area contributed by atoms with E-state index in [1.807, 2.05) is 4.72 Å². The second kappa shape index (κ2) is 5.17. The monoisotopic (exact) mass is 349 g/mol. The summed E-state index contributed by atoms with van der Waals surface area (Å²) in [5.41, 5.74) is 0. The number of sulfonamides is 1. The molecule has 0 unspecified atom stereocenters. The van der Waals surface area contributed by atoms with Crippen molar-refractivity contribution >= 4 is 31.8 Å². The number of benzene rings is 1. The van der Waals surface area contributed by atoms with Crippen molar-refractivity contribution in [1.82, 2.24) is 9.97 Å². The highest BCUT2D eigenvalue weighted by molar-refractivity contribution is 9.10. The zero-order chi connectivity index (χ0) is 14.0. The molecular weight excluding hydrogens is 344 g/mol. The Kier molecular flexibility index (Phi) is 3.76. The quantitative estimate of drug-likeness (QED) is 0.922. The van der Waals surface area contributed by atoms with Gasteiger partial charge >= 0.3 is 0 Å². The Bertz CT molecular complexity index is 707. The fraction of sp³-hybridized carbons (Fsp3) is 0. The molecule has 100 valence electrons. The third kappa shape index (κ3) is 3.24.